The highest BCUT2D eigenvalue weighted by molar-refractivity contribution is 5.21. The molecule has 4 heteroatoms. The van der Waals surface area contributed by atoms with Gasteiger partial charge in [0.05, 0.1) is 0 Å². The first-order valence-corrected chi connectivity index (χ1v) is 5.30. The van der Waals surface area contributed by atoms with Crippen molar-refractivity contribution in [3.8, 4) is 0 Å². The summed E-state index contributed by atoms with van der Waals surface area (Å²) in [4.78, 5) is 0. The summed E-state index contributed by atoms with van der Waals surface area (Å²) in [6.45, 7) is 1.83. The van der Waals surface area contributed by atoms with Crippen molar-refractivity contribution in [3.05, 3.63) is 35.9 Å². The van der Waals surface area contributed by atoms with E-state index in [-0.39, 0.29) is 11.1 Å². The lowest BCUT2D eigenvalue weighted by molar-refractivity contribution is -0.160. The van der Waals surface area contributed by atoms with Gasteiger partial charge in [0.1, 0.15) is 6.04 Å². The van der Waals surface area contributed by atoms with Gasteiger partial charge >= 0.3 is 6.18 Å². The summed E-state index contributed by atoms with van der Waals surface area (Å²) in [5, 5.41) is 2.70. The summed E-state index contributed by atoms with van der Waals surface area (Å²) in [6, 6.07) is 6.45. The molecule has 1 aromatic carbocycles. The Bertz CT molecular complexity index is 354. The van der Waals surface area contributed by atoms with Crippen molar-refractivity contribution in [3.63, 3.8) is 0 Å². The third-order valence-corrected chi connectivity index (χ3v) is 2.95. The molecule has 1 N–H and O–H groups in total. The fourth-order valence-electron chi connectivity index (χ4n) is 1.68. The Morgan fingerprint density at radius 1 is 1.19 bits per heavy atom. The van der Waals surface area contributed by atoms with Crippen LogP contribution in [0.1, 0.15) is 31.4 Å². The van der Waals surface area contributed by atoms with Crippen LogP contribution in [0.15, 0.2) is 30.3 Å². The molecule has 0 bridgehead atoms. The van der Waals surface area contributed by atoms with E-state index in [0.29, 0.717) is 0 Å². The van der Waals surface area contributed by atoms with Gasteiger partial charge in [0.15, 0.2) is 0 Å². The fraction of sp³-hybridized carbons (Fsp3) is 0.500. The number of nitrogens with one attached hydrogen (secondary N) is 1. The van der Waals surface area contributed by atoms with E-state index in [9.17, 15) is 13.2 Å². The number of hydrogen-bond acceptors (Lipinski definition) is 1. The molecule has 1 atom stereocenters. The molecule has 1 aromatic rings. The van der Waals surface area contributed by atoms with Crippen LogP contribution in [0.5, 0.6) is 0 Å². The van der Waals surface area contributed by atoms with Gasteiger partial charge in [-0.1, -0.05) is 30.3 Å². The number of alkyl halides is 3. The van der Waals surface area contributed by atoms with Crippen LogP contribution in [0, 0.1) is 0 Å². The molecule has 1 fully saturated rings. The molecule has 2 rings (SSSR count). The van der Waals surface area contributed by atoms with Crippen molar-refractivity contribution in [2.24, 2.45) is 0 Å². The van der Waals surface area contributed by atoms with Crippen LogP contribution in [0.3, 0.4) is 0 Å². The van der Waals surface area contributed by atoms with Gasteiger partial charge in [0.2, 0.25) is 0 Å². The first-order chi connectivity index (χ1) is 7.41. The Morgan fingerprint density at radius 3 is 2.19 bits per heavy atom. The minimum atomic E-state index is -4.24. The second-order valence-corrected chi connectivity index (χ2v) is 4.59. The lowest BCUT2D eigenvalue weighted by Crippen LogP contribution is -2.40. The first kappa shape index (κ1) is 11.5. The minimum Gasteiger partial charge on any atom is -0.297 e. The SMILES string of the molecule is CC1(NC(c2ccccc2)C(F)(F)F)CC1. The Morgan fingerprint density at radius 2 is 1.75 bits per heavy atom. The minimum absolute atomic E-state index is 0.281. The van der Waals surface area contributed by atoms with E-state index < -0.39 is 12.2 Å². The number of hydrogen-bond donors (Lipinski definition) is 1. The number of rotatable bonds is 3. The molecule has 1 aliphatic rings. The summed E-state index contributed by atoms with van der Waals surface area (Å²) in [7, 11) is 0. The zero-order chi connectivity index (χ0) is 11.8. The van der Waals surface area contributed by atoms with Gasteiger partial charge in [-0.05, 0) is 25.3 Å². The zero-order valence-electron chi connectivity index (χ0n) is 9.01. The zero-order valence-corrected chi connectivity index (χ0v) is 9.01. The highest BCUT2D eigenvalue weighted by Crippen LogP contribution is 2.41. The Balaban J connectivity index is 2.21. The normalized spacial score (nSPS) is 20.5. The average molecular weight is 229 g/mol. The predicted molar refractivity (Wildman–Crippen MR) is 56.0 cm³/mol. The van der Waals surface area contributed by atoms with E-state index in [0.717, 1.165) is 12.8 Å². The van der Waals surface area contributed by atoms with Crippen molar-refractivity contribution < 1.29 is 13.2 Å². The van der Waals surface area contributed by atoms with E-state index in [2.05, 4.69) is 5.32 Å². The smallest absolute Gasteiger partial charge is 0.297 e. The summed E-state index contributed by atoms with van der Waals surface area (Å²) >= 11 is 0. The maximum Gasteiger partial charge on any atom is 0.407 e. The van der Waals surface area contributed by atoms with E-state index in [1.807, 2.05) is 6.92 Å². The average Bonchev–Trinajstić information content (AvgIpc) is 2.93. The van der Waals surface area contributed by atoms with Gasteiger partial charge in [0, 0.05) is 5.54 Å². The monoisotopic (exact) mass is 229 g/mol. The first-order valence-electron chi connectivity index (χ1n) is 5.30. The third-order valence-electron chi connectivity index (χ3n) is 2.95. The summed E-state index contributed by atoms with van der Waals surface area (Å²) in [5.41, 5.74) is -0.0566. The molecule has 1 unspecified atom stereocenters. The van der Waals surface area contributed by atoms with Gasteiger partial charge in [-0.2, -0.15) is 13.2 Å². The summed E-state index contributed by atoms with van der Waals surface area (Å²) in [6.07, 6.45) is -2.62. The van der Waals surface area contributed by atoms with Crippen LogP contribution in [-0.4, -0.2) is 11.7 Å². The van der Waals surface area contributed by atoms with Crippen molar-refractivity contribution in [2.75, 3.05) is 0 Å². The summed E-state index contributed by atoms with van der Waals surface area (Å²) < 4.78 is 38.7. The molecule has 0 amide bonds. The molecular formula is C12H14F3N. The molecule has 0 spiro atoms. The largest absolute Gasteiger partial charge is 0.407 e. The van der Waals surface area contributed by atoms with Crippen molar-refractivity contribution in [2.45, 2.75) is 37.5 Å². The van der Waals surface area contributed by atoms with Crippen molar-refractivity contribution >= 4 is 0 Å². The van der Waals surface area contributed by atoms with Gasteiger partial charge < -0.3 is 0 Å². The maximum atomic E-state index is 12.9. The Labute approximate surface area is 92.7 Å². The third kappa shape index (κ3) is 2.55. The number of benzene rings is 1. The van der Waals surface area contributed by atoms with E-state index in [4.69, 9.17) is 0 Å². The van der Waals surface area contributed by atoms with Crippen molar-refractivity contribution in [1.82, 2.24) is 5.32 Å². The van der Waals surface area contributed by atoms with Gasteiger partial charge in [-0.3, -0.25) is 5.32 Å². The van der Waals surface area contributed by atoms with Crippen LogP contribution in [0.25, 0.3) is 0 Å². The lowest BCUT2D eigenvalue weighted by atomic mass is 10.1. The van der Waals surface area contributed by atoms with Crippen LogP contribution in [0.4, 0.5) is 13.2 Å². The highest BCUT2D eigenvalue weighted by Gasteiger charge is 2.48. The van der Waals surface area contributed by atoms with Gasteiger partial charge in [-0.25, -0.2) is 0 Å². The second-order valence-electron chi connectivity index (χ2n) is 4.59. The van der Waals surface area contributed by atoms with E-state index >= 15 is 0 Å². The van der Waals surface area contributed by atoms with E-state index in [1.165, 1.54) is 12.1 Å². The molecule has 16 heavy (non-hydrogen) atoms. The molecule has 0 heterocycles. The Hall–Kier alpha value is -1.03. The molecule has 0 aliphatic heterocycles. The van der Waals surface area contributed by atoms with Crippen LogP contribution < -0.4 is 5.32 Å². The van der Waals surface area contributed by atoms with Gasteiger partial charge in [-0.15, -0.1) is 0 Å². The van der Waals surface area contributed by atoms with Crippen LogP contribution >= 0.6 is 0 Å². The highest BCUT2D eigenvalue weighted by atomic mass is 19.4. The molecule has 1 saturated carbocycles. The standard InChI is InChI=1S/C12H14F3N/c1-11(7-8-11)16-10(12(13,14)15)9-5-3-2-4-6-9/h2-6,10,16H,7-8H2,1H3. The maximum absolute atomic E-state index is 12.9. The molecule has 1 aliphatic carbocycles. The Kier molecular flexibility index (Phi) is 2.70. The molecule has 0 radical (unpaired) electrons. The lowest BCUT2D eigenvalue weighted by Gasteiger charge is -2.25. The molecular weight excluding hydrogens is 215 g/mol. The van der Waals surface area contributed by atoms with Crippen LogP contribution in [0.2, 0.25) is 0 Å². The van der Waals surface area contributed by atoms with Crippen LogP contribution in [-0.2, 0) is 0 Å². The van der Waals surface area contributed by atoms with Crippen molar-refractivity contribution in [1.29, 1.82) is 0 Å². The molecule has 0 aromatic heterocycles. The van der Waals surface area contributed by atoms with E-state index in [1.54, 1.807) is 18.2 Å². The topological polar surface area (TPSA) is 12.0 Å². The molecule has 1 nitrogen and oxygen atoms in total. The second kappa shape index (κ2) is 3.77. The molecule has 88 valence electrons. The summed E-state index contributed by atoms with van der Waals surface area (Å²) in [5.74, 6) is 0. The quantitative estimate of drug-likeness (QED) is 0.837. The number of halogens is 3. The molecule has 0 saturated heterocycles. The fourth-order valence-corrected chi connectivity index (χ4v) is 1.68. The van der Waals surface area contributed by atoms with Gasteiger partial charge in [0.25, 0.3) is 0 Å². The predicted octanol–water partition coefficient (Wildman–Crippen LogP) is 3.43.